The number of amides is 1. The van der Waals surface area contributed by atoms with Crippen molar-refractivity contribution in [2.75, 3.05) is 6.54 Å². The summed E-state index contributed by atoms with van der Waals surface area (Å²) in [4.78, 5) is 17.9. The Balaban J connectivity index is 1.42. The molecule has 2 aromatic carbocycles. The molecule has 0 unspecified atom stereocenters. The second kappa shape index (κ2) is 5.84. The quantitative estimate of drug-likeness (QED) is 0.608. The molecular weight excluding hydrogens is 326 g/mol. The Morgan fingerprint density at radius 3 is 2.77 bits per heavy atom. The minimum Gasteiger partial charge on any atom is -0.361 e. The van der Waals surface area contributed by atoms with Crippen LogP contribution in [-0.4, -0.2) is 37.1 Å². The maximum atomic E-state index is 12.9. The van der Waals surface area contributed by atoms with Gasteiger partial charge in [-0.05, 0) is 23.6 Å². The molecule has 0 fully saturated rings. The van der Waals surface area contributed by atoms with E-state index in [0.717, 1.165) is 28.1 Å². The van der Waals surface area contributed by atoms with E-state index in [1.54, 1.807) is 0 Å². The van der Waals surface area contributed by atoms with E-state index >= 15 is 0 Å². The number of carbonyl (C=O) groups excluding carboxylic acids is 1. The Labute approximate surface area is 150 Å². The molecule has 0 atom stereocenters. The summed E-state index contributed by atoms with van der Waals surface area (Å²) in [5.74, 6) is 1.71. The molecule has 0 radical (unpaired) electrons. The Hall–Kier alpha value is -3.41. The summed E-state index contributed by atoms with van der Waals surface area (Å²) in [6, 6.07) is 17.8. The molecule has 1 aliphatic heterocycles. The Kier molecular flexibility index (Phi) is 3.35. The average molecular weight is 343 g/mol. The predicted molar refractivity (Wildman–Crippen MR) is 98.5 cm³/mol. The summed E-state index contributed by atoms with van der Waals surface area (Å²) in [5.41, 5.74) is 2.71. The number of nitrogens with zero attached hydrogens (tertiary/aromatic N) is 4. The summed E-state index contributed by atoms with van der Waals surface area (Å²) in [6.07, 6.45) is 1.88. The van der Waals surface area contributed by atoms with Gasteiger partial charge in [0.25, 0.3) is 5.91 Å². The minimum absolute atomic E-state index is 0.0250. The zero-order chi connectivity index (χ0) is 17.5. The normalized spacial score (nSPS) is 13.8. The predicted octanol–water partition coefficient (Wildman–Crippen LogP) is 3.08. The molecule has 0 saturated heterocycles. The topological polar surface area (TPSA) is 66.8 Å². The highest BCUT2D eigenvalue weighted by molar-refractivity contribution is 5.97. The van der Waals surface area contributed by atoms with Gasteiger partial charge in [-0.15, -0.1) is 10.2 Å². The van der Waals surface area contributed by atoms with Gasteiger partial charge in [0, 0.05) is 35.9 Å². The first-order valence-electron chi connectivity index (χ1n) is 8.63. The summed E-state index contributed by atoms with van der Waals surface area (Å²) in [5, 5.41) is 9.76. The van der Waals surface area contributed by atoms with Crippen molar-refractivity contribution in [1.29, 1.82) is 0 Å². The zero-order valence-electron chi connectivity index (χ0n) is 14.1. The average Bonchev–Trinajstić information content (AvgIpc) is 3.33. The largest absolute Gasteiger partial charge is 0.361 e. The highest BCUT2D eigenvalue weighted by atomic mass is 16.2. The summed E-state index contributed by atoms with van der Waals surface area (Å²) >= 11 is 0. The molecule has 1 N–H and O–H groups in total. The second-order valence-electron chi connectivity index (χ2n) is 6.46. The molecule has 3 heterocycles. The lowest BCUT2D eigenvalue weighted by atomic mass is 10.1. The number of fused-ring (bicyclic) bond motifs is 2. The van der Waals surface area contributed by atoms with Crippen LogP contribution in [0.15, 0.2) is 60.8 Å². The molecule has 26 heavy (non-hydrogen) atoms. The number of rotatable bonds is 2. The fourth-order valence-corrected chi connectivity index (χ4v) is 3.50. The second-order valence-corrected chi connectivity index (χ2v) is 6.46. The summed E-state index contributed by atoms with van der Waals surface area (Å²) < 4.78 is 2.10. The maximum Gasteiger partial charge on any atom is 0.254 e. The van der Waals surface area contributed by atoms with E-state index in [2.05, 4.69) is 19.7 Å². The number of hydrogen-bond acceptors (Lipinski definition) is 3. The first-order chi connectivity index (χ1) is 12.8. The van der Waals surface area contributed by atoms with E-state index in [4.69, 9.17) is 0 Å². The fourth-order valence-electron chi connectivity index (χ4n) is 3.50. The summed E-state index contributed by atoms with van der Waals surface area (Å²) in [7, 11) is 0. The molecule has 1 aliphatic rings. The van der Waals surface area contributed by atoms with Crippen molar-refractivity contribution in [1.82, 2.24) is 24.6 Å². The highest BCUT2D eigenvalue weighted by Crippen LogP contribution is 2.23. The van der Waals surface area contributed by atoms with Gasteiger partial charge in [-0.3, -0.25) is 4.79 Å². The van der Waals surface area contributed by atoms with Gasteiger partial charge in [0.2, 0.25) is 0 Å². The lowest BCUT2D eigenvalue weighted by molar-refractivity contribution is 0.0708. The summed E-state index contributed by atoms with van der Waals surface area (Å²) in [6.45, 7) is 1.82. The number of hydrogen-bond donors (Lipinski definition) is 1. The SMILES string of the molecule is O=C(c1ccc2cc[nH]c2c1)N1CCn2c(nnc2-c2ccccc2)C1. The van der Waals surface area contributed by atoms with Gasteiger partial charge in [0.15, 0.2) is 11.6 Å². The van der Waals surface area contributed by atoms with E-state index < -0.39 is 0 Å². The van der Waals surface area contributed by atoms with Gasteiger partial charge in [-0.25, -0.2) is 0 Å². The molecular formula is C20H17N5O. The first kappa shape index (κ1) is 14.9. The van der Waals surface area contributed by atoms with Crippen LogP contribution < -0.4 is 0 Å². The minimum atomic E-state index is 0.0250. The number of benzene rings is 2. The van der Waals surface area contributed by atoms with E-state index in [9.17, 15) is 4.79 Å². The third kappa shape index (κ3) is 2.38. The van der Waals surface area contributed by atoms with E-state index in [1.165, 1.54) is 0 Å². The Bertz CT molecular complexity index is 1100. The molecule has 0 spiro atoms. The van der Waals surface area contributed by atoms with Crippen molar-refractivity contribution >= 4 is 16.8 Å². The number of aromatic nitrogens is 4. The lowest BCUT2D eigenvalue weighted by Crippen LogP contribution is -2.38. The number of aromatic amines is 1. The smallest absolute Gasteiger partial charge is 0.254 e. The van der Waals surface area contributed by atoms with Crippen LogP contribution in [-0.2, 0) is 13.1 Å². The molecule has 1 amide bonds. The maximum absolute atomic E-state index is 12.9. The van der Waals surface area contributed by atoms with Gasteiger partial charge in [-0.1, -0.05) is 36.4 Å². The van der Waals surface area contributed by atoms with Crippen LogP contribution in [0, 0.1) is 0 Å². The van der Waals surface area contributed by atoms with Crippen LogP contribution in [0.3, 0.4) is 0 Å². The molecule has 128 valence electrons. The molecule has 6 nitrogen and oxygen atoms in total. The number of nitrogens with one attached hydrogen (secondary N) is 1. The first-order valence-corrected chi connectivity index (χ1v) is 8.63. The van der Waals surface area contributed by atoms with Crippen molar-refractivity contribution in [2.45, 2.75) is 13.1 Å². The van der Waals surface area contributed by atoms with Gasteiger partial charge < -0.3 is 14.5 Å². The molecule has 0 bridgehead atoms. The van der Waals surface area contributed by atoms with Crippen molar-refractivity contribution < 1.29 is 4.79 Å². The van der Waals surface area contributed by atoms with Crippen LogP contribution >= 0.6 is 0 Å². The molecule has 4 aromatic rings. The highest BCUT2D eigenvalue weighted by Gasteiger charge is 2.25. The monoisotopic (exact) mass is 343 g/mol. The van der Waals surface area contributed by atoms with Crippen LogP contribution in [0.1, 0.15) is 16.2 Å². The molecule has 6 heteroatoms. The van der Waals surface area contributed by atoms with E-state index in [1.807, 2.05) is 65.7 Å². The van der Waals surface area contributed by atoms with Crippen molar-refractivity contribution in [3.8, 4) is 11.4 Å². The standard InChI is InChI=1S/C20H17N5O/c26-20(16-7-6-14-8-9-21-17(14)12-16)24-10-11-25-18(13-24)22-23-19(25)15-4-2-1-3-5-15/h1-9,12,21H,10-11,13H2. The lowest BCUT2D eigenvalue weighted by Gasteiger charge is -2.28. The fraction of sp³-hybridized carbons (Fsp3) is 0.150. The van der Waals surface area contributed by atoms with E-state index in [-0.39, 0.29) is 5.91 Å². The van der Waals surface area contributed by atoms with Crippen LogP contribution in [0.25, 0.3) is 22.3 Å². The number of H-pyrrole nitrogens is 1. The number of carbonyl (C=O) groups is 1. The molecule has 0 saturated carbocycles. The van der Waals surface area contributed by atoms with Gasteiger partial charge >= 0.3 is 0 Å². The van der Waals surface area contributed by atoms with Gasteiger partial charge in [-0.2, -0.15) is 0 Å². The third-order valence-electron chi connectivity index (χ3n) is 4.87. The molecule has 0 aliphatic carbocycles. The van der Waals surface area contributed by atoms with Crippen LogP contribution in [0.5, 0.6) is 0 Å². The van der Waals surface area contributed by atoms with Crippen LogP contribution in [0.2, 0.25) is 0 Å². The van der Waals surface area contributed by atoms with Gasteiger partial charge in [0.05, 0.1) is 6.54 Å². The van der Waals surface area contributed by atoms with Crippen LogP contribution in [0.4, 0.5) is 0 Å². The molecule has 2 aromatic heterocycles. The Morgan fingerprint density at radius 2 is 1.88 bits per heavy atom. The molecule has 5 rings (SSSR count). The Morgan fingerprint density at radius 1 is 1.00 bits per heavy atom. The van der Waals surface area contributed by atoms with E-state index in [0.29, 0.717) is 25.2 Å². The van der Waals surface area contributed by atoms with Crippen molar-refractivity contribution in [3.05, 3.63) is 72.2 Å². The van der Waals surface area contributed by atoms with Gasteiger partial charge in [0.1, 0.15) is 0 Å². The van der Waals surface area contributed by atoms with Crippen molar-refractivity contribution in [3.63, 3.8) is 0 Å². The third-order valence-corrected chi connectivity index (χ3v) is 4.87. The zero-order valence-corrected chi connectivity index (χ0v) is 14.1. The van der Waals surface area contributed by atoms with Crippen molar-refractivity contribution in [2.24, 2.45) is 0 Å².